The summed E-state index contributed by atoms with van der Waals surface area (Å²) < 4.78 is 0. The minimum atomic E-state index is -0.238. The van der Waals surface area contributed by atoms with Crippen LogP contribution in [0.2, 0.25) is 0 Å². The van der Waals surface area contributed by atoms with Crippen molar-refractivity contribution in [3.63, 3.8) is 0 Å². The van der Waals surface area contributed by atoms with Crippen LogP contribution >= 0.6 is 0 Å². The van der Waals surface area contributed by atoms with Gasteiger partial charge in [0.2, 0.25) is 13.4 Å². The van der Waals surface area contributed by atoms with Crippen LogP contribution in [0.15, 0.2) is 364 Å². The van der Waals surface area contributed by atoms with Crippen LogP contribution in [-0.2, 0) is 0 Å². The smallest absolute Gasteiger partial charge is 0.0663 e. The molecule has 0 radical (unpaired) electrons. The number of hydrogen-bond donors (Lipinski definition) is 0. The lowest BCUT2D eigenvalue weighted by molar-refractivity contribution is 1.60. The molecule has 0 bridgehead atoms. The van der Waals surface area contributed by atoms with Crippen LogP contribution in [-0.4, -0.2) is 13.4 Å². The van der Waals surface area contributed by atoms with Crippen LogP contribution in [0, 0.1) is 0 Å². The highest BCUT2D eigenvalue weighted by molar-refractivity contribution is 7.00. The molecule has 0 aliphatic rings. The van der Waals surface area contributed by atoms with Crippen molar-refractivity contribution in [2.45, 2.75) is 0 Å². The Kier molecular flexibility index (Phi) is 13.0. The summed E-state index contributed by atoms with van der Waals surface area (Å²) in [6.45, 7) is -0.475. The monoisotopic (exact) mass is 1230 g/mol. The van der Waals surface area contributed by atoms with E-state index < -0.39 is 0 Å². The summed E-state index contributed by atoms with van der Waals surface area (Å²) in [6.07, 6.45) is 0. The lowest BCUT2D eigenvalue weighted by Gasteiger charge is -2.28. The molecule has 20 aromatic carbocycles. The van der Waals surface area contributed by atoms with Gasteiger partial charge in [0.05, 0.1) is 0 Å². The van der Waals surface area contributed by atoms with Crippen LogP contribution in [0.25, 0.3) is 163 Å². The summed E-state index contributed by atoms with van der Waals surface area (Å²) in [4.78, 5) is 0. The molecule has 0 aliphatic carbocycles. The van der Waals surface area contributed by atoms with Crippen molar-refractivity contribution in [3.8, 4) is 44.5 Å². The fraction of sp³-hybridized carbons (Fsp3) is 0. The van der Waals surface area contributed by atoms with E-state index in [1.54, 1.807) is 0 Å². The number of hydrogen-bond acceptors (Lipinski definition) is 0. The third-order valence-electron chi connectivity index (χ3n) is 21.6. The van der Waals surface area contributed by atoms with Crippen molar-refractivity contribution in [2.75, 3.05) is 0 Å². The fourth-order valence-electron chi connectivity index (χ4n) is 17.1. The van der Waals surface area contributed by atoms with Crippen molar-refractivity contribution in [1.29, 1.82) is 0 Å². The molecule has 0 fully saturated rings. The average Bonchev–Trinajstić information content (AvgIpc) is 0.703. The van der Waals surface area contributed by atoms with Crippen molar-refractivity contribution < 1.29 is 0 Å². The molecular formula is C96H60B2. The van der Waals surface area contributed by atoms with Gasteiger partial charge in [-0.1, -0.05) is 348 Å². The van der Waals surface area contributed by atoms with E-state index in [0.29, 0.717) is 0 Å². The molecule has 0 amide bonds. The van der Waals surface area contributed by atoms with Crippen molar-refractivity contribution in [2.24, 2.45) is 0 Å². The lowest BCUT2D eigenvalue weighted by atomic mass is 9.34. The predicted octanol–water partition coefficient (Wildman–Crippen LogP) is 21.5. The van der Waals surface area contributed by atoms with E-state index >= 15 is 0 Å². The Morgan fingerprint density at radius 3 is 0.684 bits per heavy atom. The molecule has 20 aromatic rings. The average molecular weight is 1240 g/mol. The summed E-state index contributed by atoms with van der Waals surface area (Å²) in [7, 11) is 0. The van der Waals surface area contributed by atoms with Crippen molar-refractivity contribution in [1.82, 2.24) is 0 Å². The molecule has 0 aliphatic heterocycles. The zero-order chi connectivity index (χ0) is 64.4. The molecule has 0 unspecified atom stereocenters. The van der Waals surface area contributed by atoms with E-state index in [2.05, 4.69) is 364 Å². The highest BCUT2D eigenvalue weighted by Crippen LogP contribution is 2.46. The first-order chi connectivity index (χ1) is 48.6. The maximum Gasteiger partial charge on any atom is 0.243 e. The molecule has 0 heterocycles. The highest BCUT2D eigenvalue weighted by atomic mass is 14.3. The lowest BCUT2D eigenvalue weighted by Crippen LogP contribution is -2.53. The molecule has 0 spiro atoms. The highest BCUT2D eigenvalue weighted by Gasteiger charge is 2.34. The van der Waals surface area contributed by atoms with Crippen molar-refractivity contribution >= 4 is 165 Å². The molecule has 98 heavy (non-hydrogen) atoms. The molecule has 0 N–H and O–H groups in total. The standard InChI is InChI=1S/C96H60B2/c1-3-23-61(24-4-1)75-39-15-17-41-77(75)87-59-93(97(89-43-19-35-71-51-63-27-7-11-31-67(63)55-83(71)89)90-44-20-36-72-52-64-28-8-12-32-68(64)56-84(72)90)81-50-48-80-88(78-42-18-16-40-76(78)62-25-5-2-6-26-62)60-94(82-49-47-79(87)95(81)96(80)82)98(91-45-21-37-73-53-65-29-9-13-33-69(65)57-85(73)91)92-46-22-38-74-54-66-30-10-14-34-70(66)58-86(74)92/h1-60H. The van der Waals surface area contributed by atoms with Crippen LogP contribution in [0.4, 0.5) is 0 Å². The summed E-state index contributed by atoms with van der Waals surface area (Å²) in [5, 5.41) is 27.2. The first-order valence-corrected chi connectivity index (χ1v) is 34.3. The van der Waals surface area contributed by atoms with Gasteiger partial charge in [-0.25, -0.2) is 0 Å². The van der Waals surface area contributed by atoms with Gasteiger partial charge in [0.25, 0.3) is 0 Å². The van der Waals surface area contributed by atoms with Crippen LogP contribution in [0.3, 0.4) is 0 Å². The normalized spacial score (nSPS) is 11.9. The molecular weight excluding hydrogens is 1170 g/mol. The molecule has 0 saturated heterocycles. The molecule has 0 aromatic heterocycles. The van der Waals surface area contributed by atoms with Gasteiger partial charge in [0, 0.05) is 0 Å². The maximum absolute atomic E-state index is 2.62. The van der Waals surface area contributed by atoms with Gasteiger partial charge in [0.15, 0.2) is 0 Å². The van der Waals surface area contributed by atoms with E-state index in [0.717, 1.165) is 0 Å². The Morgan fingerprint density at radius 2 is 0.378 bits per heavy atom. The first-order valence-electron chi connectivity index (χ1n) is 34.3. The number of benzene rings is 20. The fourth-order valence-corrected chi connectivity index (χ4v) is 17.1. The molecule has 0 nitrogen and oxygen atoms in total. The van der Waals surface area contributed by atoms with E-state index in [1.165, 1.54) is 196 Å². The van der Waals surface area contributed by atoms with E-state index in [1.807, 2.05) is 0 Å². The van der Waals surface area contributed by atoms with Gasteiger partial charge in [-0.15, -0.1) is 0 Å². The Hall–Kier alpha value is -12.4. The Labute approximate surface area is 569 Å². The molecule has 20 rings (SSSR count). The van der Waals surface area contributed by atoms with Crippen LogP contribution in [0.1, 0.15) is 0 Å². The molecule has 0 saturated carbocycles. The van der Waals surface area contributed by atoms with E-state index in [9.17, 15) is 0 Å². The second-order valence-corrected chi connectivity index (χ2v) is 26.9. The van der Waals surface area contributed by atoms with Gasteiger partial charge in [0.1, 0.15) is 0 Å². The Bertz CT molecular complexity index is 5990. The first kappa shape index (κ1) is 56.0. The van der Waals surface area contributed by atoms with Crippen LogP contribution < -0.4 is 32.8 Å². The van der Waals surface area contributed by atoms with Crippen LogP contribution in [0.5, 0.6) is 0 Å². The van der Waals surface area contributed by atoms with Gasteiger partial charge in [-0.05, 0) is 212 Å². The van der Waals surface area contributed by atoms with Gasteiger partial charge in [-0.2, -0.15) is 0 Å². The number of rotatable bonds is 10. The van der Waals surface area contributed by atoms with E-state index in [4.69, 9.17) is 0 Å². The third-order valence-corrected chi connectivity index (χ3v) is 21.6. The van der Waals surface area contributed by atoms with Gasteiger partial charge >= 0.3 is 0 Å². The third kappa shape index (κ3) is 9.02. The summed E-state index contributed by atoms with van der Waals surface area (Å²) in [5.74, 6) is 0. The zero-order valence-corrected chi connectivity index (χ0v) is 53.8. The Morgan fingerprint density at radius 1 is 0.133 bits per heavy atom. The minimum Gasteiger partial charge on any atom is -0.0663 e. The molecule has 2 heteroatoms. The largest absolute Gasteiger partial charge is 0.243 e. The minimum absolute atomic E-state index is 0.238. The second kappa shape index (κ2) is 22.7. The Balaban J connectivity index is 0.986. The topological polar surface area (TPSA) is 0 Å². The number of fused-ring (bicyclic) bond motifs is 8. The summed E-state index contributed by atoms with van der Waals surface area (Å²) in [5.41, 5.74) is 17.2. The predicted molar refractivity (Wildman–Crippen MR) is 427 cm³/mol. The maximum atomic E-state index is 2.62. The second-order valence-electron chi connectivity index (χ2n) is 26.9. The van der Waals surface area contributed by atoms with Gasteiger partial charge in [-0.3, -0.25) is 0 Å². The SMILES string of the molecule is c1ccc(-c2ccccc2-c2cc(B(c3cccc4cc5ccccc5cc34)c3cccc4cc5ccccc5cc34)c3ccc4c(-c5ccccc5-c5ccccc5)cc(B(c5cccc6cc7ccccc7cc56)c5cccc6cc7ccccc7cc56)c5ccc2c3c54)cc1. The zero-order valence-electron chi connectivity index (χ0n) is 53.8. The molecule has 0 atom stereocenters. The van der Waals surface area contributed by atoms with Crippen molar-refractivity contribution in [3.05, 3.63) is 364 Å². The quantitative estimate of drug-likeness (QED) is 0.0727. The summed E-state index contributed by atoms with van der Waals surface area (Å²) in [6, 6.07) is 139. The molecule has 450 valence electrons. The van der Waals surface area contributed by atoms with E-state index in [-0.39, 0.29) is 13.4 Å². The summed E-state index contributed by atoms with van der Waals surface area (Å²) >= 11 is 0. The van der Waals surface area contributed by atoms with Gasteiger partial charge < -0.3 is 0 Å².